The van der Waals surface area contributed by atoms with Crippen LogP contribution in [0.1, 0.15) is 19.3 Å². The molecular weight excluding hydrogens is 417 g/mol. The normalized spacial score (nSPS) is 15.8. The van der Waals surface area contributed by atoms with E-state index in [1.807, 2.05) is 0 Å². The van der Waals surface area contributed by atoms with Crippen LogP contribution < -0.4 is 9.46 Å². The second-order valence-electron chi connectivity index (χ2n) is 6.35. The Labute approximate surface area is 166 Å². The summed E-state index contributed by atoms with van der Waals surface area (Å²) < 4.78 is 71.4. The number of likely N-dealkylation sites (tertiary alicyclic amines) is 1. The van der Waals surface area contributed by atoms with Gasteiger partial charge in [-0.05, 0) is 37.1 Å². The Morgan fingerprint density at radius 2 is 1.76 bits per heavy atom. The van der Waals surface area contributed by atoms with Crippen molar-refractivity contribution in [3.05, 3.63) is 24.3 Å². The highest BCUT2D eigenvalue weighted by atomic mass is 32.2. The van der Waals surface area contributed by atoms with Crippen molar-refractivity contribution in [2.45, 2.75) is 30.5 Å². The molecule has 1 N–H and O–H groups in total. The van der Waals surface area contributed by atoms with Gasteiger partial charge >= 0.3 is 12.3 Å². The lowest BCUT2D eigenvalue weighted by molar-refractivity contribution is -0.274. The van der Waals surface area contributed by atoms with Crippen molar-refractivity contribution in [2.24, 2.45) is 5.92 Å². The van der Waals surface area contributed by atoms with Crippen LogP contribution in [-0.4, -0.2) is 58.3 Å². The highest BCUT2D eigenvalue weighted by Gasteiger charge is 2.31. The molecule has 1 heterocycles. The molecule has 1 amide bonds. The molecule has 0 spiro atoms. The van der Waals surface area contributed by atoms with Gasteiger partial charge in [0.1, 0.15) is 5.75 Å². The van der Waals surface area contributed by atoms with E-state index in [0.717, 1.165) is 24.3 Å². The Kier molecular flexibility index (Phi) is 7.47. The van der Waals surface area contributed by atoms with Gasteiger partial charge in [-0.2, -0.15) is 0 Å². The summed E-state index contributed by atoms with van der Waals surface area (Å²) in [5, 5.41) is 0. The predicted molar refractivity (Wildman–Crippen MR) is 94.3 cm³/mol. The first-order valence-corrected chi connectivity index (χ1v) is 10.2. The number of carbonyl (C=O) groups is 2. The number of benzene rings is 1. The first-order valence-electron chi connectivity index (χ1n) is 8.73. The largest absolute Gasteiger partial charge is 0.573 e. The van der Waals surface area contributed by atoms with Gasteiger partial charge in [-0.25, -0.2) is 13.1 Å². The molecule has 1 aromatic rings. The average Bonchev–Trinajstić information content (AvgIpc) is 2.66. The molecule has 2 rings (SSSR count). The first-order chi connectivity index (χ1) is 13.5. The van der Waals surface area contributed by atoms with E-state index in [-0.39, 0.29) is 35.7 Å². The Balaban J connectivity index is 1.82. The van der Waals surface area contributed by atoms with E-state index in [1.165, 1.54) is 7.11 Å². The van der Waals surface area contributed by atoms with E-state index < -0.39 is 22.1 Å². The molecule has 162 valence electrons. The van der Waals surface area contributed by atoms with Gasteiger partial charge in [0.2, 0.25) is 15.9 Å². The summed E-state index contributed by atoms with van der Waals surface area (Å²) in [6.45, 7) is 0.594. The zero-order valence-electron chi connectivity index (χ0n) is 15.6. The third-order valence-corrected chi connectivity index (χ3v) is 5.86. The molecular formula is C17H21F3N2O6S. The minimum Gasteiger partial charge on any atom is -0.469 e. The summed E-state index contributed by atoms with van der Waals surface area (Å²) >= 11 is 0. The number of nitrogens with zero attached hydrogens (tertiary/aromatic N) is 1. The van der Waals surface area contributed by atoms with Crippen molar-refractivity contribution in [2.75, 3.05) is 26.7 Å². The maximum absolute atomic E-state index is 12.2. The third kappa shape index (κ3) is 6.89. The second-order valence-corrected chi connectivity index (χ2v) is 8.11. The van der Waals surface area contributed by atoms with Crippen LogP contribution in [0.15, 0.2) is 29.2 Å². The number of methoxy groups -OCH3 is 1. The van der Waals surface area contributed by atoms with Gasteiger partial charge in [-0.3, -0.25) is 9.59 Å². The lowest BCUT2D eigenvalue weighted by Gasteiger charge is -2.30. The van der Waals surface area contributed by atoms with Crippen LogP contribution in [0.2, 0.25) is 0 Å². The van der Waals surface area contributed by atoms with Crippen molar-refractivity contribution in [3.8, 4) is 5.75 Å². The molecule has 29 heavy (non-hydrogen) atoms. The number of ether oxygens (including phenoxy) is 2. The number of nitrogens with one attached hydrogen (secondary N) is 1. The van der Waals surface area contributed by atoms with Gasteiger partial charge in [0.05, 0.1) is 17.9 Å². The highest BCUT2D eigenvalue weighted by molar-refractivity contribution is 7.89. The number of alkyl halides is 3. The zero-order chi connectivity index (χ0) is 21.7. The van der Waals surface area contributed by atoms with Gasteiger partial charge < -0.3 is 14.4 Å². The quantitative estimate of drug-likeness (QED) is 0.650. The van der Waals surface area contributed by atoms with Gasteiger partial charge in [0, 0.05) is 26.1 Å². The summed E-state index contributed by atoms with van der Waals surface area (Å²) in [6.07, 6.45) is -3.99. The number of piperidine rings is 1. The lowest BCUT2D eigenvalue weighted by atomic mass is 9.97. The smallest absolute Gasteiger partial charge is 0.469 e. The SMILES string of the molecule is COC(=O)C1CCN(C(=O)CCNS(=O)(=O)c2ccc(OC(F)(F)F)cc2)CC1. The zero-order valence-corrected chi connectivity index (χ0v) is 16.4. The first kappa shape index (κ1) is 22.9. The standard InChI is InChI=1S/C17H21F3N2O6S/c1-27-16(24)12-7-10-22(11-8-12)15(23)6-9-21-29(25,26)14-4-2-13(3-5-14)28-17(18,19)20/h2-5,12,21H,6-11H2,1H3. The van der Waals surface area contributed by atoms with Crippen molar-refractivity contribution >= 4 is 21.9 Å². The number of rotatable bonds is 7. The number of hydrogen-bond acceptors (Lipinski definition) is 6. The average molecular weight is 438 g/mol. The lowest BCUT2D eigenvalue weighted by Crippen LogP contribution is -2.41. The summed E-state index contributed by atoms with van der Waals surface area (Å²) in [7, 11) is -2.68. The molecule has 0 aromatic heterocycles. The van der Waals surface area contributed by atoms with Gasteiger partial charge in [-0.15, -0.1) is 13.2 Å². The fourth-order valence-electron chi connectivity index (χ4n) is 2.89. The van der Waals surface area contributed by atoms with Gasteiger partial charge in [-0.1, -0.05) is 0 Å². The second kappa shape index (κ2) is 9.44. The molecule has 0 aliphatic carbocycles. The Morgan fingerprint density at radius 3 is 2.28 bits per heavy atom. The number of esters is 1. The van der Waals surface area contributed by atoms with E-state index in [4.69, 9.17) is 0 Å². The summed E-state index contributed by atoms with van der Waals surface area (Å²) in [5.74, 6) is -1.35. The molecule has 0 saturated carbocycles. The van der Waals surface area contributed by atoms with E-state index in [1.54, 1.807) is 4.90 Å². The maximum atomic E-state index is 12.2. The van der Waals surface area contributed by atoms with Crippen molar-refractivity contribution in [1.29, 1.82) is 0 Å². The monoisotopic (exact) mass is 438 g/mol. The molecule has 0 radical (unpaired) electrons. The molecule has 1 saturated heterocycles. The number of amides is 1. The molecule has 1 aromatic carbocycles. The van der Waals surface area contributed by atoms with Gasteiger partial charge in [0.25, 0.3) is 0 Å². The van der Waals surface area contributed by atoms with E-state index in [2.05, 4.69) is 14.2 Å². The highest BCUT2D eigenvalue weighted by Crippen LogP contribution is 2.24. The topological polar surface area (TPSA) is 102 Å². The molecule has 1 aliphatic heterocycles. The number of sulfonamides is 1. The van der Waals surface area contributed by atoms with Crippen LogP contribution in [0.25, 0.3) is 0 Å². The van der Waals surface area contributed by atoms with Crippen LogP contribution >= 0.6 is 0 Å². The maximum Gasteiger partial charge on any atom is 0.573 e. The Hall–Kier alpha value is -2.34. The van der Waals surface area contributed by atoms with E-state index >= 15 is 0 Å². The van der Waals surface area contributed by atoms with Crippen molar-refractivity contribution in [1.82, 2.24) is 9.62 Å². The number of halogens is 3. The molecule has 8 nitrogen and oxygen atoms in total. The number of carbonyl (C=O) groups excluding carboxylic acids is 2. The summed E-state index contributed by atoms with van der Waals surface area (Å²) in [6, 6.07) is 3.73. The van der Waals surface area contributed by atoms with Crippen molar-refractivity contribution in [3.63, 3.8) is 0 Å². The minimum atomic E-state index is -4.87. The fourth-order valence-corrected chi connectivity index (χ4v) is 3.92. The molecule has 0 bridgehead atoms. The summed E-state index contributed by atoms with van der Waals surface area (Å²) in [5.41, 5.74) is 0. The predicted octanol–water partition coefficient (Wildman–Crippen LogP) is 1.67. The van der Waals surface area contributed by atoms with Crippen LogP contribution in [-0.2, 0) is 24.3 Å². The van der Waals surface area contributed by atoms with Crippen LogP contribution in [0.4, 0.5) is 13.2 Å². The number of hydrogen-bond donors (Lipinski definition) is 1. The van der Waals surface area contributed by atoms with Crippen LogP contribution in [0.3, 0.4) is 0 Å². The van der Waals surface area contributed by atoms with E-state index in [9.17, 15) is 31.2 Å². The summed E-state index contributed by atoms with van der Waals surface area (Å²) in [4.78, 5) is 25.0. The molecule has 12 heteroatoms. The molecule has 0 unspecified atom stereocenters. The third-order valence-electron chi connectivity index (χ3n) is 4.38. The van der Waals surface area contributed by atoms with Crippen molar-refractivity contribution < 1.29 is 40.7 Å². The molecule has 1 aliphatic rings. The Morgan fingerprint density at radius 1 is 1.17 bits per heavy atom. The molecule has 1 fully saturated rings. The van der Waals surface area contributed by atoms with Gasteiger partial charge in [0.15, 0.2) is 0 Å². The molecule has 0 atom stereocenters. The Bertz CT molecular complexity index is 819. The minimum absolute atomic E-state index is 0.0859. The van der Waals surface area contributed by atoms with Crippen LogP contribution in [0.5, 0.6) is 5.75 Å². The van der Waals surface area contributed by atoms with E-state index in [0.29, 0.717) is 25.9 Å². The van der Waals surface area contributed by atoms with Crippen LogP contribution in [0, 0.1) is 5.92 Å². The fraction of sp³-hybridized carbons (Fsp3) is 0.529.